The van der Waals surface area contributed by atoms with Crippen molar-refractivity contribution in [3.8, 4) is 0 Å². The standard InChI is InChI=1S/C10H19N3O/c11-10(14)8-12-4-6-13(7-5-12)9-2-1-3-9/h9H,1-8H2,(H2,11,14). The van der Waals surface area contributed by atoms with Crippen LogP contribution in [0.5, 0.6) is 0 Å². The summed E-state index contributed by atoms with van der Waals surface area (Å²) < 4.78 is 0. The SMILES string of the molecule is NC(=O)CN1CCN(C2CCC2)CC1. The van der Waals surface area contributed by atoms with Crippen molar-refractivity contribution in [3.05, 3.63) is 0 Å². The summed E-state index contributed by atoms with van der Waals surface area (Å²) in [6.07, 6.45) is 4.14. The van der Waals surface area contributed by atoms with E-state index in [0.29, 0.717) is 6.54 Å². The average molecular weight is 197 g/mol. The van der Waals surface area contributed by atoms with Crippen LogP contribution in [0.1, 0.15) is 19.3 Å². The van der Waals surface area contributed by atoms with E-state index in [1.165, 1.54) is 19.3 Å². The van der Waals surface area contributed by atoms with Gasteiger partial charge in [-0.1, -0.05) is 6.42 Å². The highest BCUT2D eigenvalue weighted by atomic mass is 16.1. The van der Waals surface area contributed by atoms with E-state index < -0.39 is 0 Å². The summed E-state index contributed by atoms with van der Waals surface area (Å²) in [6.45, 7) is 4.65. The summed E-state index contributed by atoms with van der Waals surface area (Å²) in [5, 5.41) is 0. The van der Waals surface area contributed by atoms with E-state index in [0.717, 1.165) is 32.2 Å². The van der Waals surface area contributed by atoms with Crippen molar-refractivity contribution in [2.45, 2.75) is 25.3 Å². The van der Waals surface area contributed by atoms with Crippen molar-refractivity contribution in [2.75, 3.05) is 32.7 Å². The highest BCUT2D eigenvalue weighted by Crippen LogP contribution is 2.25. The molecule has 0 atom stereocenters. The van der Waals surface area contributed by atoms with Crippen LogP contribution in [-0.2, 0) is 4.79 Å². The van der Waals surface area contributed by atoms with Gasteiger partial charge in [0.2, 0.25) is 5.91 Å². The summed E-state index contributed by atoms with van der Waals surface area (Å²) >= 11 is 0. The van der Waals surface area contributed by atoms with E-state index in [4.69, 9.17) is 5.73 Å². The first-order chi connectivity index (χ1) is 6.75. The Balaban J connectivity index is 1.71. The van der Waals surface area contributed by atoms with Gasteiger partial charge in [-0.15, -0.1) is 0 Å². The number of hydrogen-bond acceptors (Lipinski definition) is 3. The summed E-state index contributed by atoms with van der Waals surface area (Å²) in [5.41, 5.74) is 5.16. The monoisotopic (exact) mass is 197 g/mol. The summed E-state index contributed by atoms with van der Waals surface area (Å²) in [5.74, 6) is -0.206. The van der Waals surface area contributed by atoms with Crippen LogP contribution in [0.4, 0.5) is 0 Å². The Labute approximate surface area is 85.0 Å². The normalized spacial score (nSPS) is 26.0. The predicted octanol–water partition coefficient (Wildman–Crippen LogP) is -0.358. The van der Waals surface area contributed by atoms with Gasteiger partial charge in [-0.3, -0.25) is 14.6 Å². The number of hydrogen-bond donors (Lipinski definition) is 1. The lowest BCUT2D eigenvalue weighted by Gasteiger charge is -2.42. The van der Waals surface area contributed by atoms with Gasteiger partial charge in [0, 0.05) is 32.2 Å². The minimum absolute atomic E-state index is 0.206. The van der Waals surface area contributed by atoms with E-state index in [-0.39, 0.29) is 5.91 Å². The molecule has 2 N–H and O–H groups in total. The Kier molecular flexibility index (Phi) is 3.03. The van der Waals surface area contributed by atoms with Crippen molar-refractivity contribution in [1.29, 1.82) is 0 Å². The minimum atomic E-state index is -0.206. The molecule has 1 heterocycles. The number of rotatable bonds is 3. The molecular formula is C10H19N3O. The maximum absolute atomic E-state index is 10.7. The van der Waals surface area contributed by atoms with Crippen LogP contribution in [0.2, 0.25) is 0 Å². The Bertz CT molecular complexity index is 207. The number of piperazine rings is 1. The second-order valence-electron chi connectivity index (χ2n) is 4.36. The molecule has 0 aromatic carbocycles. The van der Waals surface area contributed by atoms with Crippen molar-refractivity contribution in [2.24, 2.45) is 5.73 Å². The summed E-state index contributed by atoms with van der Waals surface area (Å²) in [4.78, 5) is 15.4. The van der Waals surface area contributed by atoms with Gasteiger partial charge in [-0.25, -0.2) is 0 Å². The Hall–Kier alpha value is -0.610. The highest BCUT2D eigenvalue weighted by molar-refractivity contribution is 5.75. The maximum Gasteiger partial charge on any atom is 0.231 e. The third kappa shape index (κ3) is 2.25. The van der Waals surface area contributed by atoms with E-state index in [2.05, 4.69) is 9.80 Å². The second kappa shape index (κ2) is 4.28. The van der Waals surface area contributed by atoms with Crippen LogP contribution in [-0.4, -0.2) is 54.5 Å². The van der Waals surface area contributed by atoms with Gasteiger partial charge >= 0.3 is 0 Å². The van der Waals surface area contributed by atoms with Crippen molar-refractivity contribution < 1.29 is 4.79 Å². The van der Waals surface area contributed by atoms with Gasteiger partial charge < -0.3 is 5.73 Å². The first kappa shape index (κ1) is 9.93. The molecular weight excluding hydrogens is 178 g/mol. The van der Waals surface area contributed by atoms with Gasteiger partial charge in [0.25, 0.3) is 0 Å². The molecule has 0 radical (unpaired) electrons. The molecule has 1 saturated heterocycles. The topological polar surface area (TPSA) is 49.6 Å². The first-order valence-corrected chi connectivity index (χ1v) is 5.50. The molecule has 0 bridgehead atoms. The molecule has 0 spiro atoms. The molecule has 14 heavy (non-hydrogen) atoms. The van der Waals surface area contributed by atoms with E-state index in [1.807, 2.05) is 0 Å². The Morgan fingerprint density at radius 2 is 1.86 bits per heavy atom. The second-order valence-corrected chi connectivity index (χ2v) is 4.36. The zero-order valence-electron chi connectivity index (χ0n) is 8.61. The highest BCUT2D eigenvalue weighted by Gasteiger charge is 2.27. The third-order valence-corrected chi connectivity index (χ3v) is 3.38. The zero-order valence-corrected chi connectivity index (χ0v) is 8.61. The average Bonchev–Trinajstić information content (AvgIpc) is 2.04. The lowest BCUT2D eigenvalue weighted by molar-refractivity contribution is -0.119. The lowest BCUT2D eigenvalue weighted by Crippen LogP contribution is -2.53. The van der Waals surface area contributed by atoms with Crippen LogP contribution in [0.3, 0.4) is 0 Å². The maximum atomic E-state index is 10.7. The largest absolute Gasteiger partial charge is 0.369 e. The van der Waals surface area contributed by atoms with Gasteiger partial charge in [-0.05, 0) is 12.8 Å². The lowest BCUT2D eigenvalue weighted by atomic mass is 9.91. The first-order valence-electron chi connectivity index (χ1n) is 5.50. The quantitative estimate of drug-likeness (QED) is 0.672. The number of carbonyl (C=O) groups excluding carboxylic acids is 1. The third-order valence-electron chi connectivity index (χ3n) is 3.38. The summed E-state index contributed by atoms with van der Waals surface area (Å²) in [6, 6.07) is 0.839. The Morgan fingerprint density at radius 3 is 2.29 bits per heavy atom. The number of nitrogens with two attached hydrogens (primary N) is 1. The van der Waals surface area contributed by atoms with Gasteiger partial charge in [0.1, 0.15) is 0 Å². The Morgan fingerprint density at radius 1 is 1.21 bits per heavy atom. The zero-order chi connectivity index (χ0) is 9.97. The number of carbonyl (C=O) groups is 1. The van der Waals surface area contributed by atoms with E-state index in [9.17, 15) is 4.79 Å². The number of nitrogens with zero attached hydrogens (tertiary/aromatic N) is 2. The fourth-order valence-electron chi connectivity index (χ4n) is 2.26. The van der Waals surface area contributed by atoms with E-state index >= 15 is 0 Å². The molecule has 2 fully saturated rings. The number of primary amides is 1. The molecule has 2 aliphatic rings. The molecule has 4 heteroatoms. The molecule has 1 aliphatic carbocycles. The minimum Gasteiger partial charge on any atom is -0.369 e. The number of amides is 1. The molecule has 1 amide bonds. The fraction of sp³-hybridized carbons (Fsp3) is 0.900. The van der Waals surface area contributed by atoms with E-state index in [1.54, 1.807) is 0 Å². The van der Waals surface area contributed by atoms with Crippen LogP contribution < -0.4 is 5.73 Å². The van der Waals surface area contributed by atoms with Gasteiger partial charge in [-0.2, -0.15) is 0 Å². The molecule has 2 rings (SSSR count). The molecule has 1 saturated carbocycles. The van der Waals surface area contributed by atoms with Gasteiger partial charge in [0.05, 0.1) is 6.54 Å². The van der Waals surface area contributed by atoms with Crippen LogP contribution in [0, 0.1) is 0 Å². The van der Waals surface area contributed by atoms with Crippen molar-refractivity contribution in [3.63, 3.8) is 0 Å². The van der Waals surface area contributed by atoms with Crippen molar-refractivity contribution >= 4 is 5.91 Å². The van der Waals surface area contributed by atoms with Gasteiger partial charge in [0.15, 0.2) is 0 Å². The molecule has 0 unspecified atom stereocenters. The fourth-order valence-corrected chi connectivity index (χ4v) is 2.26. The van der Waals surface area contributed by atoms with Crippen LogP contribution in [0.15, 0.2) is 0 Å². The molecule has 0 aromatic heterocycles. The molecule has 4 nitrogen and oxygen atoms in total. The molecule has 1 aliphatic heterocycles. The molecule has 80 valence electrons. The smallest absolute Gasteiger partial charge is 0.231 e. The van der Waals surface area contributed by atoms with Crippen LogP contribution >= 0.6 is 0 Å². The van der Waals surface area contributed by atoms with Crippen LogP contribution in [0.25, 0.3) is 0 Å². The summed E-state index contributed by atoms with van der Waals surface area (Å²) in [7, 11) is 0. The molecule has 0 aromatic rings. The predicted molar refractivity (Wildman–Crippen MR) is 54.8 cm³/mol. The van der Waals surface area contributed by atoms with Crippen molar-refractivity contribution in [1.82, 2.24) is 9.80 Å².